The van der Waals surface area contributed by atoms with Crippen molar-refractivity contribution >= 4 is 11.6 Å². The number of nitrogens with zero attached hydrogens (tertiary/aromatic N) is 2. The predicted molar refractivity (Wildman–Crippen MR) is 93.8 cm³/mol. The van der Waals surface area contributed by atoms with Crippen molar-refractivity contribution in [1.82, 2.24) is 15.2 Å². The molecule has 3 aromatic rings. The van der Waals surface area contributed by atoms with Crippen molar-refractivity contribution in [3.63, 3.8) is 0 Å². The summed E-state index contributed by atoms with van der Waals surface area (Å²) in [6.07, 6.45) is 0.651. The Bertz CT molecular complexity index is 887. The molecule has 0 unspecified atom stereocenters. The summed E-state index contributed by atoms with van der Waals surface area (Å²) in [5, 5.41) is 9.63. The molecule has 128 valence electrons. The van der Waals surface area contributed by atoms with Gasteiger partial charge < -0.3 is 5.32 Å². The lowest BCUT2D eigenvalue weighted by Crippen LogP contribution is -2.16. The summed E-state index contributed by atoms with van der Waals surface area (Å²) in [5.74, 6) is 0.441. The van der Waals surface area contributed by atoms with Crippen LogP contribution in [0.25, 0.3) is 0 Å². The van der Waals surface area contributed by atoms with E-state index in [0.717, 1.165) is 11.1 Å². The molecule has 5 nitrogen and oxygen atoms in total. The summed E-state index contributed by atoms with van der Waals surface area (Å²) in [6.45, 7) is 3.84. The number of hydrogen-bond acceptors (Lipinski definition) is 3. The highest BCUT2D eigenvalue weighted by atomic mass is 19.1. The molecule has 0 saturated heterocycles. The van der Waals surface area contributed by atoms with Gasteiger partial charge in [0.1, 0.15) is 11.6 Å². The smallest absolute Gasteiger partial charge is 0.232 e. The molecule has 6 heteroatoms. The molecule has 0 aliphatic carbocycles. The maximum Gasteiger partial charge on any atom is 0.232 e. The fourth-order valence-corrected chi connectivity index (χ4v) is 2.46. The van der Waals surface area contributed by atoms with Gasteiger partial charge in [0.2, 0.25) is 5.91 Å². The first-order chi connectivity index (χ1) is 12.0. The molecule has 0 radical (unpaired) electrons. The van der Waals surface area contributed by atoms with Crippen LogP contribution in [0.2, 0.25) is 0 Å². The van der Waals surface area contributed by atoms with Crippen molar-refractivity contribution in [2.75, 3.05) is 5.32 Å². The second-order valence-corrected chi connectivity index (χ2v) is 6.04. The van der Waals surface area contributed by atoms with Gasteiger partial charge in [-0.1, -0.05) is 35.9 Å². The van der Waals surface area contributed by atoms with Crippen LogP contribution in [0.1, 0.15) is 28.3 Å². The third kappa shape index (κ3) is 4.50. The van der Waals surface area contributed by atoms with Crippen molar-refractivity contribution in [3.8, 4) is 0 Å². The molecule has 25 heavy (non-hydrogen) atoms. The molecule has 0 bridgehead atoms. The van der Waals surface area contributed by atoms with Crippen LogP contribution in [0, 0.1) is 19.7 Å². The third-order valence-corrected chi connectivity index (χ3v) is 3.86. The highest BCUT2D eigenvalue weighted by Gasteiger charge is 2.11. The van der Waals surface area contributed by atoms with Gasteiger partial charge in [0.15, 0.2) is 5.82 Å². The SMILES string of the molecule is Cc1ccc(Cc2nc(CC(=O)Nc3cc(F)ccc3C)n[nH]2)cc1. The number of rotatable bonds is 5. The number of anilines is 1. The van der Waals surface area contributed by atoms with Crippen LogP contribution >= 0.6 is 0 Å². The maximum absolute atomic E-state index is 13.3. The molecule has 0 atom stereocenters. The van der Waals surface area contributed by atoms with Gasteiger partial charge in [-0.15, -0.1) is 0 Å². The summed E-state index contributed by atoms with van der Waals surface area (Å²) in [7, 11) is 0. The van der Waals surface area contributed by atoms with Gasteiger partial charge in [0.05, 0.1) is 6.42 Å². The van der Waals surface area contributed by atoms with E-state index >= 15 is 0 Å². The number of aryl methyl sites for hydroxylation is 2. The normalized spacial score (nSPS) is 10.7. The summed E-state index contributed by atoms with van der Waals surface area (Å²) < 4.78 is 13.3. The quantitative estimate of drug-likeness (QED) is 0.749. The molecule has 1 heterocycles. The number of hydrogen-bond donors (Lipinski definition) is 2. The molecule has 0 saturated carbocycles. The average Bonchev–Trinajstić information content (AvgIpc) is 3.00. The van der Waals surface area contributed by atoms with Crippen molar-refractivity contribution in [1.29, 1.82) is 0 Å². The maximum atomic E-state index is 13.3. The Morgan fingerprint density at radius 3 is 2.68 bits per heavy atom. The first kappa shape index (κ1) is 16.8. The fraction of sp³-hybridized carbons (Fsp3) is 0.211. The molecule has 0 aliphatic heterocycles. The zero-order valence-electron chi connectivity index (χ0n) is 14.1. The molecule has 3 rings (SSSR count). The molecular weight excluding hydrogens is 319 g/mol. The zero-order chi connectivity index (χ0) is 17.8. The van der Waals surface area contributed by atoms with Crippen LogP contribution < -0.4 is 5.32 Å². The van der Waals surface area contributed by atoms with Crippen molar-refractivity contribution in [2.24, 2.45) is 0 Å². The third-order valence-electron chi connectivity index (χ3n) is 3.86. The Morgan fingerprint density at radius 1 is 1.16 bits per heavy atom. The number of carbonyl (C=O) groups is 1. The van der Waals surface area contributed by atoms with Crippen molar-refractivity contribution in [3.05, 3.63) is 76.6 Å². The van der Waals surface area contributed by atoms with Crippen LogP contribution in [-0.2, 0) is 17.6 Å². The Hall–Kier alpha value is -3.02. The number of nitrogens with one attached hydrogen (secondary N) is 2. The van der Waals surface area contributed by atoms with E-state index in [9.17, 15) is 9.18 Å². The van der Waals surface area contributed by atoms with Gasteiger partial charge in [0.25, 0.3) is 0 Å². The van der Waals surface area contributed by atoms with Gasteiger partial charge in [-0.2, -0.15) is 5.10 Å². The van der Waals surface area contributed by atoms with E-state index in [1.807, 2.05) is 38.1 Å². The summed E-state index contributed by atoms with van der Waals surface area (Å²) >= 11 is 0. The van der Waals surface area contributed by atoms with E-state index in [1.165, 1.54) is 17.7 Å². The minimum Gasteiger partial charge on any atom is -0.325 e. The molecule has 0 fully saturated rings. The molecule has 2 N–H and O–H groups in total. The molecule has 0 spiro atoms. The number of aromatic nitrogens is 3. The first-order valence-electron chi connectivity index (χ1n) is 8.01. The minimum atomic E-state index is -0.390. The van der Waals surface area contributed by atoms with Gasteiger partial charge in [-0.05, 0) is 37.1 Å². The zero-order valence-corrected chi connectivity index (χ0v) is 14.1. The molecule has 1 amide bonds. The lowest BCUT2D eigenvalue weighted by atomic mass is 10.1. The van der Waals surface area contributed by atoms with Gasteiger partial charge in [-0.25, -0.2) is 9.37 Å². The summed E-state index contributed by atoms with van der Waals surface area (Å²) in [6, 6.07) is 12.4. The standard InChI is InChI=1S/C19H19FN4O/c1-12-3-6-14(7-4-12)9-17-22-18(24-23-17)11-19(25)21-16-10-15(20)8-5-13(16)2/h3-8,10H,9,11H2,1-2H3,(H,21,25)(H,22,23,24). The van der Waals surface area contributed by atoms with E-state index in [4.69, 9.17) is 0 Å². The summed E-state index contributed by atoms with van der Waals surface area (Å²) in [5.41, 5.74) is 3.57. The molecule has 2 aromatic carbocycles. The average molecular weight is 338 g/mol. The Labute approximate surface area is 145 Å². The number of H-pyrrole nitrogens is 1. The minimum absolute atomic E-state index is 0.0281. The van der Waals surface area contributed by atoms with Crippen molar-refractivity contribution in [2.45, 2.75) is 26.7 Å². The number of halogens is 1. The van der Waals surface area contributed by atoms with E-state index < -0.39 is 0 Å². The summed E-state index contributed by atoms with van der Waals surface area (Å²) in [4.78, 5) is 16.5. The largest absolute Gasteiger partial charge is 0.325 e. The lowest BCUT2D eigenvalue weighted by molar-refractivity contribution is -0.115. The van der Waals surface area contributed by atoms with E-state index in [-0.39, 0.29) is 18.1 Å². The van der Waals surface area contributed by atoms with Crippen LogP contribution in [0.15, 0.2) is 42.5 Å². The van der Waals surface area contributed by atoms with E-state index in [1.54, 1.807) is 6.07 Å². The fourth-order valence-electron chi connectivity index (χ4n) is 2.46. The van der Waals surface area contributed by atoms with E-state index in [0.29, 0.717) is 23.8 Å². The van der Waals surface area contributed by atoms with Crippen LogP contribution in [0.5, 0.6) is 0 Å². The van der Waals surface area contributed by atoms with Gasteiger partial charge in [0, 0.05) is 12.1 Å². The predicted octanol–water partition coefficient (Wildman–Crippen LogP) is 3.33. The van der Waals surface area contributed by atoms with E-state index in [2.05, 4.69) is 20.5 Å². The number of aromatic amines is 1. The van der Waals surface area contributed by atoms with Gasteiger partial charge in [-0.3, -0.25) is 9.89 Å². The molecule has 1 aromatic heterocycles. The molecular formula is C19H19FN4O. The topological polar surface area (TPSA) is 70.7 Å². The number of amides is 1. The highest BCUT2D eigenvalue weighted by molar-refractivity contribution is 5.92. The Balaban J connectivity index is 1.61. The van der Waals surface area contributed by atoms with Crippen molar-refractivity contribution < 1.29 is 9.18 Å². The second-order valence-electron chi connectivity index (χ2n) is 6.04. The monoisotopic (exact) mass is 338 g/mol. The number of carbonyl (C=O) groups excluding carboxylic acids is 1. The Morgan fingerprint density at radius 2 is 1.92 bits per heavy atom. The van der Waals surface area contributed by atoms with Gasteiger partial charge >= 0.3 is 0 Å². The molecule has 0 aliphatic rings. The van der Waals surface area contributed by atoms with Crippen LogP contribution in [0.3, 0.4) is 0 Å². The highest BCUT2D eigenvalue weighted by Crippen LogP contribution is 2.16. The van der Waals surface area contributed by atoms with Crippen LogP contribution in [0.4, 0.5) is 10.1 Å². The van der Waals surface area contributed by atoms with Crippen LogP contribution in [-0.4, -0.2) is 21.1 Å². The lowest BCUT2D eigenvalue weighted by Gasteiger charge is -2.07. The second kappa shape index (κ2) is 7.25. The first-order valence-corrected chi connectivity index (χ1v) is 8.01. The number of benzene rings is 2. The Kier molecular flexibility index (Phi) is 4.88.